The maximum Gasteiger partial charge on any atom is 0.371 e. The average Bonchev–Trinajstić information content (AvgIpc) is 2.91. The van der Waals surface area contributed by atoms with Gasteiger partial charge in [-0.1, -0.05) is 22.0 Å². The lowest BCUT2D eigenvalue weighted by Crippen LogP contribution is -2.36. The van der Waals surface area contributed by atoms with E-state index >= 15 is 0 Å². The summed E-state index contributed by atoms with van der Waals surface area (Å²) in [4.78, 5) is 24.9. The van der Waals surface area contributed by atoms with Crippen molar-refractivity contribution in [3.63, 3.8) is 0 Å². The predicted molar refractivity (Wildman–Crippen MR) is 78.3 cm³/mol. The van der Waals surface area contributed by atoms with E-state index < -0.39 is 5.97 Å². The third-order valence-corrected chi connectivity index (χ3v) is 3.95. The van der Waals surface area contributed by atoms with Crippen LogP contribution in [0.25, 0.3) is 0 Å². The first kappa shape index (κ1) is 13.9. The van der Waals surface area contributed by atoms with E-state index in [0.717, 1.165) is 16.5 Å². The first-order chi connectivity index (χ1) is 10.0. The number of furan rings is 1. The van der Waals surface area contributed by atoms with Crippen LogP contribution in [0.2, 0.25) is 0 Å². The van der Waals surface area contributed by atoms with E-state index in [1.165, 1.54) is 6.07 Å². The van der Waals surface area contributed by atoms with Gasteiger partial charge in [-0.25, -0.2) is 4.79 Å². The van der Waals surface area contributed by atoms with Gasteiger partial charge in [-0.15, -0.1) is 0 Å². The summed E-state index contributed by atoms with van der Waals surface area (Å²) in [5, 5.41) is 8.84. The number of aromatic carboxylic acids is 1. The van der Waals surface area contributed by atoms with Crippen molar-refractivity contribution in [2.75, 3.05) is 6.54 Å². The average molecular weight is 350 g/mol. The van der Waals surface area contributed by atoms with Crippen molar-refractivity contribution in [1.82, 2.24) is 4.90 Å². The molecule has 0 atom stereocenters. The van der Waals surface area contributed by atoms with Crippen LogP contribution in [0.4, 0.5) is 0 Å². The van der Waals surface area contributed by atoms with E-state index in [9.17, 15) is 9.59 Å². The van der Waals surface area contributed by atoms with Crippen molar-refractivity contribution in [2.24, 2.45) is 0 Å². The van der Waals surface area contributed by atoms with E-state index in [4.69, 9.17) is 9.52 Å². The molecular weight excluding hydrogens is 338 g/mol. The number of fused-ring (bicyclic) bond motifs is 1. The molecule has 1 N–H and O–H groups in total. The van der Waals surface area contributed by atoms with Crippen LogP contribution in [-0.4, -0.2) is 28.4 Å². The third-order valence-electron chi connectivity index (χ3n) is 3.46. The summed E-state index contributed by atoms with van der Waals surface area (Å²) in [6, 6.07) is 8.68. The molecule has 0 aliphatic carbocycles. The summed E-state index contributed by atoms with van der Waals surface area (Å²) in [5.41, 5.74) is 1.71. The molecule has 0 saturated carbocycles. The molecule has 0 radical (unpaired) electrons. The Labute approximate surface area is 129 Å². The van der Waals surface area contributed by atoms with Gasteiger partial charge >= 0.3 is 5.97 Å². The molecule has 1 aromatic heterocycles. The molecule has 0 fully saturated rings. The molecule has 1 aliphatic rings. The number of carboxylic acids is 1. The van der Waals surface area contributed by atoms with Crippen LogP contribution < -0.4 is 0 Å². The Hall–Kier alpha value is -2.08. The molecule has 0 unspecified atom stereocenters. The number of carbonyl (C=O) groups is 2. The van der Waals surface area contributed by atoms with Crippen LogP contribution in [-0.2, 0) is 13.0 Å². The maximum absolute atomic E-state index is 12.5. The highest BCUT2D eigenvalue weighted by Crippen LogP contribution is 2.24. The van der Waals surface area contributed by atoms with Crippen molar-refractivity contribution >= 4 is 27.8 Å². The Morgan fingerprint density at radius 3 is 2.86 bits per heavy atom. The van der Waals surface area contributed by atoms with Crippen molar-refractivity contribution in [1.29, 1.82) is 0 Å². The van der Waals surface area contributed by atoms with Crippen LogP contribution in [0.15, 0.2) is 39.2 Å². The number of carboxylic acid groups (broad SMARTS) is 1. The summed E-state index contributed by atoms with van der Waals surface area (Å²) in [6.07, 6.45) is 0.779. The highest BCUT2D eigenvalue weighted by Gasteiger charge is 2.25. The summed E-state index contributed by atoms with van der Waals surface area (Å²) in [7, 11) is 0. The Morgan fingerprint density at radius 2 is 2.14 bits per heavy atom. The summed E-state index contributed by atoms with van der Waals surface area (Å²) in [5.74, 6) is -0.817. The normalized spacial score (nSPS) is 14.1. The number of amides is 1. The highest BCUT2D eigenvalue weighted by atomic mass is 79.9. The van der Waals surface area contributed by atoms with Crippen LogP contribution in [0.1, 0.15) is 32.2 Å². The van der Waals surface area contributed by atoms with Gasteiger partial charge in [0.05, 0.1) is 6.54 Å². The molecule has 6 heteroatoms. The zero-order chi connectivity index (χ0) is 15.0. The standard InChI is InChI=1S/C15H12BrNO4/c16-10-2-1-9-5-6-17(14(18)12(9)7-10)8-11-3-4-13(21-11)15(19)20/h1-4,7H,5-6,8H2,(H,19,20). The van der Waals surface area contributed by atoms with Gasteiger partial charge in [0.1, 0.15) is 5.76 Å². The fourth-order valence-corrected chi connectivity index (χ4v) is 2.77. The van der Waals surface area contributed by atoms with Crippen molar-refractivity contribution in [3.8, 4) is 0 Å². The SMILES string of the molecule is O=C(O)c1ccc(CN2CCc3ccc(Br)cc3C2=O)o1. The minimum Gasteiger partial charge on any atom is -0.475 e. The van der Waals surface area contributed by atoms with Gasteiger partial charge in [0.15, 0.2) is 0 Å². The molecule has 21 heavy (non-hydrogen) atoms. The van der Waals surface area contributed by atoms with Crippen LogP contribution in [0.5, 0.6) is 0 Å². The summed E-state index contributed by atoms with van der Waals surface area (Å²) >= 11 is 3.37. The first-order valence-corrected chi connectivity index (χ1v) is 7.23. The van der Waals surface area contributed by atoms with Crippen molar-refractivity contribution in [3.05, 3.63) is 57.5 Å². The third kappa shape index (κ3) is 2.71. The van der Waals surface area contributed by atoms with Crippen LogP contribution >= 0.6 is 15.9 Å². The van der Waals surface area contributed by atoms with Gasteiger partial charge in [0, 0.05) is 16.6 Å². The molecule has 108 valence electrons. The molecule has 2 aromatic rings. The van der Waals surface area contributed by atoms with Gasteiger partial charge in [-0.05, 0) is 36.2 Å². The van der Waals surface area contributed by atoms with Gasteiger partial charge in [0.25, 0.3) is 5.91 Å². The van der Waals surface area contributed by atoms with E-state index in [1.54, 1.807) is 11.0 Å². The van der Waals surface area contributed by atoms with E-state index in [2.05, 4.69) is 15.9 Å². The van der Waals surface area contributed by atoms with E-state index in [-0.39, 0.29) is 18.2 Å². The molecule has 1 aliphatic heterocycles. The zero-order valence-electron chi connectivity index (χ0n) is 11.0. The molecule has 0 spiro atoms. The highest BCUT2D eigenvalue weighted by molar-refractivity contribution is 9.10. The van der Waals surface area contributed by atoms with E-state index in [0.29, 0.717) is 17.9 Å². The molecule has 1 aromatic carbocycles. The van der Waals surface area contributed by atoms with Gasteiger partial charge in [-0.3, -0.25) is 4.79 Å². The number of benzene rings is 1. The van der Waals surface area contributed by atoms with Crippen molar-refractivity contribution < 1.29 is 19.1 Å². The Morgan fingerprint density at radius 1 is 1.33 bits per heavy atom. The largest absolute Gasteiger partial charge is 0.475 e. The molecular formula is C15H12BrNO4. The van der Waals surface area contributed by atoms with Gasteiger partial charge in [-0.2, -0.15) is 0 Å². The Kier molecular flexibility index (Phi) is 3.55. The summed E-state index contributed by atoms with van der Waals surface area (Å²) < 4.78 is 6.07. The fraction of sp³-hybridized carbons (Fsp3) is 0.200. The lowest BCUT2D eigenvalue weighted by molar-refractivity contribution is 0.0655. The van der Waals surface area contributed by atoms with E-state index in [1.807, 2.05) is 18.2 Å². The molecule has 0 bridgehead atoms. The predicted octanol–water partition coefficient (Wildman–Crippen LogP) is 2.94. The zero-order valence-corrected chi connectivity index (χ0v) is 12.6. The second-order valence-corrected chi connectivity index (χ2v) is 5.76. The molecule has 1 amide bonds. The fourth-order valence-electron chi connectivity index (χ4n) is 2.41. The molecule has 0 saturated heterocycles. The Bertz CT molecular complexity index is 722. The smallest absolute Gasteiger partial charge is 0.371 e. The van der Waals surface area contributed by atoms with Crippen LogP contribution in [0.3, 0.4) is 0 Å². The first-order valence-electron chi connectivity index (χ1n) is 6.44. The number of hydrogen-bond donors (Lipinski definition) is 1. The monoisotopic (exact) mass is 349 g/mol. The number of hydrogen-bond acceptors (Lipinski definition) is 3. The lowest BCUT2D eigenvalue weighted by Gasteiger charge is -2.28. The molecule has 2 heterocycles. The maximum atomic E-state index is 12.5. The van der Waals surface area contributed by atoms with Gasteiger partial charge in [0.2, 0.25) is 5.76 Å². The van der Waals surface area contributed by atoms with Crippen molar-refractivity contribution in [2.45, 2.75) is 13.0 Å². The minimum absolute atomic E-state index is 0.0641. The topological polar surface area (TPSA) is 70.8 Å². The molecule has 5 nitrogen and oxygen atoms in total. The second-order valence-electron chi connectivity index (χ2n) is 4.85. The number of halogens is 1. The number of carbonyl (C=O) groups excluding carboxylic acids is 1. The summed E-state index contributed by atoms with van der Waals surface area (Å²) in [6.45, 7) is 0.870. The van der Waals surface area contributed by atoms with Gasteiger partial charge < -0.3 is 14.4 Å². The molecule has 3 rings (SSSR count). The second kappa shape index (κ2) is 5.37. The Balaban J connectivity index is 1.81. The number of nitrogens with zero attached hydrogens (tertiary/aromatic N) is 1. The van der Waals surface area contributed by atoms with Crippen LogP contribution in [0, 0.1) is 0 Å². The minimum atomic E-state index is -1.11. The lowest BCUT2D eigenvalue weighted by atomic mass is 9.99. The number of rotatable bonds is 3. The quantitative estimate of drug-likeness (QED) is 0.924.